The van der Waals surface area contributed by atoms with E-state index in [-0.39, 0.29) is 12.7 Å². The molecule has 1 aliphatic heterocycles. The third-order valence-corrected chi connectivity index (χ3v) is 4.14. The summed E-state index contributed by atoms with van der Waals surface area (Å²) in [5.74, 6) is 2.52. The first-order valence-electron chi connectivity index (χ1n) is 8.49. The van der Waals surface area contributed by atoms with Crippen molar-refractivity contribution >= 4 is 5.82 Å². The number of hydrogen-bond acceptors (Lipinski definition) is 5. The van der Waals surface area contributed by atoms with Gasteiger partial charge in [-0.25, -0.2) is 4.98 Å². The second kappa shape index (κ2) is 8.02. The van der Waals surface area contributed by atoms with Gasteiger partial charge in [-0.2, -0.15) is 0 Å². The van der Waals surface area contributed by atoms with Crippen LogP contribution in [0.2, 0.25) is 0 Å². The van der Waals surface area contributed by atoms with E-state index in [4.69, 9.17) is 14.6 Å². The smallest absolute Gasteiger partial charge is 0.161 e. The normalized spacial score (nSPS) is 17.6. The van der Waals surface area contributed by atoms with Crippen LogP contribution < -0.4 is 14.4 Å². The lowest BCUT2D eigenvalue weighted by Crippen LogP contribution is -2.41. The molecule has 1 aromatic carbocycles. The minimum atomic E-state index is 0.0211. The Morgan fingerprint density at radius 3 is 2.75 bits per heavy atom. The molecule has 5 heteroatoms. The van der Waals surface area contributed by atoms with Crippen molar-refractivity contribution in [2.75, 3.05) is 24.6 Å². The summed E-state index contributed by atoms with van der Waals surface area (Å²) in [6.07, 6.45) is 3.92. The van der Waals surface area contributed by atoms with Crippen molar-refractivity contribution in [2.45, 2.75) is 32.5 Å². The molecule has 0 saturated carbocycles. The third kappa shape index (κ3) is 3.97. The summed E-state index contributed by atoms with van der Waals surface area (Å²) in [4.78, 5) is 6.68. The van der Waals surface area contributed by atoms with E-state index in [1.54, 1.807) is 6.20 Å². The summed E-state index contributed by atoms with van der Waals surface area (Å²) in [7, 11) is 0. The number of ether oxygens (including phenoxy) is 2. The van der Waals surface area contributed by atoms with Gasteiger partial charge >= 0.3 is 0 Å². The average Bonchev–Trinajstić information content (AvgIpc) is 2.64. The van der Waals surface area contributed by atoms with Gasteiger partial charge in [0, 0.05) is 12.7 Å². The molecule has 1 N–H and O–H groups in total. The summed E-state index contributed by atoms with van der Waals surface area (Å²) in [5.41, 5.74) is 0.828. The lowest BCUT2D eigenvalue weighted by atomic mass is 10.1. The van der Waals surface area contributed by atoms with E-state index < -0.39 is 0 Å². The monoisotopic (exact) mass is 328 g/mol. The number of hydrogen-bond donors (Lipinski definition) is 1. The fourth-order valence-corrected chi connectivity index (χ4v) is 2.94. The molecule has 0 radical (unpaired) electrons. The maximum Gasteiger partial charge on any atom is 0.161 e. The predicted molar refractivity (Wildman–Crippen MR) is 93.6 cm³/mol. The highest BCUT2D eigenvalue weighted by molar-refractivity contribution is 5.42. The molecule has 0 spiro atoms. The summed E-state index contributed by atoms with van der Waals surface area (Å²) in [5, 5.41) is 9.13. The fourth-order valence-electron chi connectivity index (χ4n) is 2.94. The van der Waals surface area contributed by atoms with Gasteiger partial charge in [-0.1, -0.05) is 18.2 Å². The second-order valence-electron chi connectivity index (χ2n) is 5.89. The maximum absolute atomic E-state index is 9.13. The molecule has 2 heterocycles. The van der Waals surface area contributed by atoms with Gasteiger partial charge in [0.25, 0.3) is 0 Å². The highest BCUT2D eigenvalue weighted by Gasteiger charge is 2.23. The zero-order valence-corrected chi connectivity index (χ0v) is 14.0. The largest absolute Gasteiger partial charge is 0.490 e. The number of anilines is 1. The van der Waals surface area contributed by atoms with Gasteiger partial charge in [0.05, 0.1) is 19.8 Å². The quantitative estimate of drug-likeness (QED) is 0.883. The molecule has 5 nitrogen and oxygen atoms in total. The first kappa shape index (κ1) is 16.6. The van der Waals surface area contributed by atoms with Gasteiger partial charge in [0.2, 0.25) is 0 Å². The Labute approximate surface area is 142 Å². The van der Waals surface area contributed by atoms with Gasteiger partial charge in [0.1, 0.15) is 11.9 Å². The number of aromatic nitrogens is 1. The van der Waals surface area contributed by atoms with Crippen molar-refractivity contribution < 1.29 is 14.6 Å². The van der Waals surface area contributed by atoms with Crippen molar-refractivity contribution in [2.24, 2.45) is 0 Å². The number of aliphatic hydroxyl groups excluding tert-OH is 1. The summed E-state index contributed by atoms with van der Waals surface area (Å²) >= 11 is 0. The predicted octanol–water partition coefficient (Wildman–Crippen LogP) is 3.02. The van der Waals surface area contributed by atoms with Crippen LogP contribution in [-0.4, -0.2) is 35.9 Å². The third-order valence-electron chi connectivity index (χ3n) is 4.14. The van der Waals surface area contributed by atoms with Crippen LogP contribution in [0, 0.1) is 0 Å². The highest BCUT2D eigenvalue weighted by atomic mass is 16.5. The molecule has 0 aliphatic carbocycles. The number of benzene rings is 1. The lowest BCUT2D eigenvalue weighted by Gasteiger charge is -2.34. The van der Waals surface area contributed by atoms with E-state index in [9.17, 15) is 0 Å². The molecule has 1 saturated heterocycles. The molecular weight excluding hydrogens is 304 g/mol. The Bertz CT molecular complexity index is 645. The molecule has 1 atom stereocenters. The van der Waals surface area contributed by atoms with Crippen molar-refractivity contribution in [1.29, 1.82) is 0 Å². The minimum absolute atomic E-state index is 0.0211. The molecule has 1 aromatic heterocycles. The Balaban J connectivity index is 1.67. The Morgan fingerprint density at radius 1 is 1.21 bits per heavy atom. The van der Waals surface area contributed by atoms with Crippen LogP contribution in [0.4, 0.5) is 5.82 Å². The molecule has 1 fully saturated rings. The second-order valence-corrected chi connectivity index (χ2v) is 5.89. The number of pyridine rings is 1. The minimum Gasteiger partial charge on any atom is -0.490 e. The van der Waals surface area contributed by atoms with E-state index in [1.165, 1.54) is 0 Å². The van der Waals surface area contributed by atoms with E-state index in [1.807, 2.05) is 43.3 Å². The van der Waals surface area contributed by atoms with Gasteiger partial charge in [-0.15, -0.1) is 0 Å². The van der Waals surface area contributed by atoms with Crippen LogP contribution in [0.25, 0.3) is 0 Å². The molecule has 24 heavy (non-hydrogen) atoms. The van der Waals surface area contributed by atoms with E-state index in [0.29, 0.717) is 6.61 Å². The first-order chi connectivity index (χ1) is 11.8. The van der Waals surface area contributed by atoms with Crippen LogP contribution in [0.1, 0.15) is 25.3 Å². The molecule has 128 valence electrons. The molecule has 2 aromatic rings. The number of aliphatic hydroxyl groups is 1. The Kier molecular flexibility index (Phi) is 5.54. The molecule has 1 aliphatic rings. The lowest BCUT2D eigenvalue weighted by molar-refractivity contribution is 0.170. The van der Waals surface area contributed by atoms with Crippen LogP contribution in [0.5, 0.6) is 11.5 Å². The van der Waals surface area contributed by atoms with Crippen LogP contribution >= 0.6 is 0 Å². The molecule has 0 bridgehead atoms. The summed E-state index contributed by atoms with van der Waals surface area (Å²) in [6, 6.07) is 11.7. The van der Waals surface area contributed by atoms with Gasteiger partial charge in [-0.3, -0.25) is 0 Å². The Morgan fingerprint density at radius 2 is 2.04 bits per heavy atom. The number of rotatable bonds is 6. The Hall–Kier alpha value is -2.27. The van der Waals surface area contributed by atoms with Gasteiger partial charge < -0.3 is 19.5 Å². The number of para-hydroxylation sites is 2. The zero-order chi connectivity index (χ0) is 16.8. The van der Waals surface area contributed by atoms with Crippen LogP contribution in [0.3, 0.4) is 0 Å². The van der Waals surface area contributed by atoms with Crippen LogP contribution in [0.15, 0.2) is 42.6 Å². The molecule has 3 rings (SSSR count). The number of nitrogens with zero attached hydrogens (tertiary/aromatic N) is 2. The average molecular weight is 328 g/mol. The van der Waals surface area contributed by atoms with Crippen molar-refractivity contribution in [3.8, 4) is 11.5 Å². The SMILES string of the molecule is CCOc1ccccc1OC1CCCN(c2ccc(CO)cn2)C1. The van der Waals surface area contributed by atoms with E-state index in [2.05, 4.69) is 9.88 Å². The molecule has 1 unspecified atom stereocenters. The summed E-state index contributed by atoms with van der Waals surface area (Å²) < 4.78 is 11.8. The van der Waals surface area contributed by atoms with Crippen molar-refractivity contribution in [1.82, 2.24) is 4.98 Å². The molecule has 0 amide bonds. The van der Waals surface area contributed by atoms with Crippen molar-refractivity contribution in [3.05, 3.63) is 48.2 Å². The number of piperidine rings is 1. The first-order valence-corrected chi connectivity index (χ1v) is 8.49. The standard InChI is InChI=1S/C19H24N2O3/c1-2-23-17-7-3-4-8-18(17)24-16-6-5-11-21(13-16)19-10-9-15(14-22)12-20-19/h3-4,7-10,12,16,22H,2,5-6,11,13-14H2,1H3. The van der Waals surface area contributed by atoms with Crippen LogP contribution in [-0.2, 0) is 6.61 Å². The highest BCUT2D eigenvalue weighted by Crippen LogP contribution is 2.29. The maximum atomic E-state index is 9.13. The zero-order valence-electron chi connectivity index (χ0n) is 14.0. The van der Waals surface area contributed by atoms with E-state index in [0.717, 1.165) is 48.8 Å². The van der Waals surface area contributed by atoms with Gasteiger partial charge in [0.15, 0.2) is 11.5 Å². The fraction of sp³-hybridized carbons (Fsp3) is 0.421. The van der Waals surface area contributed by atoms with E-state index >= 15 is 0 Å². The van der Waals surface area contributed by atoms with Crippen molar-refractivity contribution in [3.63, 3.8) is 0 Å². The molecular formula is C19H24N2O3. The van der Waals surface area contributed by atoms with Gasteiger partial charge in [-0.05, 0) is 43.5 Å². The summed E-state index contributed by atoms with van der Waals surface area (Å²) in [6.45, 7) is 4.39. The topological polar surface area (TPSA) is 54.8 Å².